The maximum absolute atomic E-state index is 13.7. The van der Waals surface area contributed by atoms with Crippen LogP contribution in [0.4, 0.5) is 5.69 Å². The summed E-state index contributed by atoms with van der Waals surface area (Å²) in [5.41, 5.74) is 3.06. The highest BCUT2D eigenvalue weighted by Gasteiger charge is 2.64. The highest BCUT2D eigenvalue weighted by Crippen LogP contribution is 2.53. The van der Waals surface area contributed by atoms with Gasteiger partial charge in [-0.25, -0.2) is 0 Å². The van der Waals surface area contributed by atoms with E-state index in [9.17, 15) is 34.8 Å². The lowest BCUT2D eigenvalue weighted by atomic mass is 9.57. The van der Waals surface area contributed by atoms with Crippen LogP contribution in [0.15, 0.2) is 29.0 Å². The third kappa shape index (κ3) is 3.13. The van der Waals surface area contributed by atoms with E-state index in [2.05, 4.69) is 5.32 Å². The van der Waals surface area contributed by atoms with Crippen molar-refractivity contribution in [2.75, 3.05) is 19.4 Å². The second-order valence-electron chi connectivity index (χ2n) is 9.75. The number of benzene rings is 1. The van der Waals surface area contributed by atoms with Gasteiger partial charge in [-0.2, -0.15) is 0 Å². The number of anilines is 1. The van der Waals surface area contributed by atoms with E-state index >= 15 is 0 Å². The van der Waals surface area contributed by atoms with Gasteiger partial charge >= 0.3 is 0 Å². The van der Waals surface area contributed by atoms with Crippen LogP contribution in [0.1, 0.15) is 31.4 Å². The Balaban J connectivity index is 1.96. The van der Waals surface area contributed by atoms with Gasteiger partial charge in [0, 0.05) is 23.2 Å². The number of rotatable bonds is 4. The van der Waals surface area contributed by atoms with Crippen molar-refractivity contribution in [2.45, 2.75) is 44.4 Å². The Bertz CT molecular complexity index is 1180. The molecule has 1 aromatic rings. The number of primary amides is 1. The summed E-state index contributed by atoms with van der Waals surface area (Å²) in [6.45, 7) is 3.88. The zero-order valence-corrected chi connectivity index (χ0v) is 19.4. The van der Waals surface area contributed by atoms with Crippen LogP contribution < -0.4 is 11.1 Å². The van der Waals surface area contributed by atoms with Gasteiger partial charge in [-0.1, -0.05) is 0 Å². The number of nitrogens with zero attached hydrogens (tertiary/aromatic N) is 1. The fraction of sp³-hybridized carbons (Fsp3) is 0.458. The largest absolute Gasteiger partial charge is 0.508 e. The molecule has 3 aliphatic carbocycles. The minimum atomic E-state index is -2.63. The Morgan fingerprint density at radius 1 is 1.21 bits per heavy atom. The van der Waals surface area contributed by atoms with Crippen LogP contribution in [-0.2, 0) is 20.8 Å². The molecule has 0 radical (unpaired) electrons. The zero-order chi connectivity index (χ0) is 25.3. The van der Waals surface area contributed by atoms with Gasteiger partial charge in [0.2, 0.25) is 5.78 Å². The second-order valence-corrected chi connectivity index (χ2v) is 9.75. The summed E-state index contributed by atoms with van der Waals surface area (Å²) in [4.78, 5) is 40.3. The van der Waals surface area contributed by atoms with Crippen molar-refractivity contribution in [1.29, 1.82) is 0 Å². The molecule has 0 heterocycles. The standard InChI is InChI=1S/C24H29N3O7/c1-9(2)26-13-5-6-14(28)16-11(13)7-10-8-12-18(27(3)4)20(30)17(23(25)33)22(32)24(12,34)21(31)15(10)19(16)29/h5-6,9-10,12,18,26,28-29,32,34H,7-8H2,1-4H3,(H2,25,33)/t10?,12?,18-,24-/m0/s1. The van der Waals surface area contributed by atoms with Gasteiger partial charge in [0.15, 0.2) is 11.4 Å². The van der Waals surface area contributed by atoms with Crippen LogP contribution in [0.2, 0.25) is 0 Å². The summed E-state index contributed by atoms with van der Waals surface area (Å²) in [5, 5.41) is 47.3. The molecule has 0 spiro atoms. The molecule has 0 aliphatic heterocycles. The smallest absolute Gasteiger partial charge is 0.255 e. The Morgan fingerprint density at radius 2 is 1.85 bits per heavy atom. The van der Waals surface area contributed by atoms with Crippen LogP contribution in [0.25, 0.3) is 5.76 Å². The molecule has 2 unspecified atom stereocenters. The monoisotopic (exact) mass is 471 g/mol. The first kappa shape index (κ1) is 23.8. The van der Waals surface area contributed by atoms with Crippen molar-refractivity contribution in [2.24, 2.45) is 17.6 Å². The summed E-state index contributed by atoms with van der Waals surface area (Å²) < 4.78 is 0. The normalized spacial score (nSPS) is 28.7. The Hall–Kier alpha value is -3.37. The molecule has 0 aromatic heterocycles. The number of phenolic OH excluding ortho intramolecular Hbond substituents is 1. The summed E-state index contributed by atoms with van der Waals surface area (Å²) in [7, 11) is 3.13. The van der Waals surface area contributed by atoms with Crippen molar-refractivity contribution in [1.82, 2.24) is 4.90 Å². The fourth-order valence-electron chi connectivity index (χ4n) is 5.69. The van der Waals surface area contributed by atoms with E-state index < -0.39 is 58.0 Å². The molecule has 1 amide bonds. The van der Waals surface area contributed by atoms with Gasteiger partial charge in [0.1, 0.15) is 22.8 Å². The van der Waals surface area contributed by atoms with E-state index in [0.717, 1.165) is 0 Å². The molecule has 0 saturated heterocycles. The van der Waals surface area contributed by atoms with E-state index in [1.807, 2.05) is 13.8 Å². The van der Waals surface area contributed by atoms with E-state index in [0.29, 0.717) is 11.3 Å². The van der Waals surface area contributed by atoms with Gasteiger partial charge in [-0.15, -0.1) is 0 Å². The first-order valence-corrected chi connectivity index (χ1v) is 11.1. The summed E-state index contributed by atoms with van der Waals surface area (Å²) in [6.07, 6.45) is 0.306. The first-order valence-electron chi connectivity index (χ1n) is 11.1. The Kier molecular flexibility index (Phi) is 5.49. The van der Waals surface area contributed by atoms with Crippen molar-refractivity contribution in [3.63, 3.8) is 0 Å². The third-order valence-corrected chi connectivity index (χ3v) is 7.05. The van der Waals surface area contributed by atoms with Gasteiger partial charge in [-0.3, -0.25) is 19.3 Å². The second kappa shape index (κ2) is 7.85. The number of nitrogens with two attached hydrogens (primary N) is 1. The predicted octanol–water partition coefficient (Wildman–Crippen LogP) is 0.784. The SMILES string of the molecule is CC(C)Nc1ccc(O)c2c1CC1CC3[C@H](N(C)C)C(=O)C(C(N)=O)=C(O)[C@@]3(O)C(=O)C1=C2O. The minimum Gasteiger partial charge on any atom is -0.508 e. The topological polar surface area (TPSA) is 173 Å². The van der Waals surface area contributed by atoms with E-state index in [1.54, 1.807) is 20.2 Å². The molecular formula is C24H29N3O7. The highest BCUT2D eigenvalue weighted by molar-refractivity contribution is 6.24. The van der Waals surface area contributed by atoms with Gasteiger partial charge in [0.05, 0.1) is 11.6 Å². The molecule has 34 heavy (non-hydrogen) atoms. The lowest BCUT2D eigenvalue weighted by Crippen LogP contribution is -2.65. The summed E-state index contributed by atoms with van der Waals surface area (Å²) in [6, 6.07) is 2.04. The van der Waals surface area contributed by atoms with Gasteiger partial charge < -0.3 is 31.5 Å². The number of likely N-dealkylation sites (N-methyl/N-ethyl adjacent to an activating group) is 1. The number of carbonyl (C=O) groups excluding carboxylic acids is 3. The number of fused-ring (bicyclic) bond motifs is 3. The average Bonchev–Trinajstić information content (AvgIpc) is 2.72. The predicted molar refractivity (Wildman–Crippen MR) is 123 cm³/mol. The molecule has 0 bridgehead atoms. The van der Waals surface area contributed by atoms with Crippen LogP contribution in [0.5, 0.6) is 5.75 Å². The molecule has 3 aliphatic rings. The lowest BCUT2D eigenvalue weighted by molar-refractivity contribution is -0.153. The molecule has 7 N–H and O–H groups in total. The van der Waals surface area contributed by atoms with Crippen molar-refractivity contribution in [3.05, 3.63) is 40.2 Å². The molecule has 10 nitrogen and oxygen atoms in total. The molecule has 1 aromatic carbocycles. The maximum atomic E-state index is 13.7. The molecule has 1 fully saturated rings. The number of carbonyl (C=O) groups is 3. The number of ketones is 2. The quantitative estimate of drug-likeness (QED) is 0.274. The molecule has 1 saturated carbocycles. The van der Waals surface area contributed by atoms with Crippen molar-refractivity contribution in [3.8, 4) is 5.75 Å². The minimum absolute atomic E-state index is 0.0580. The number of aromatic hydroxyl groups is 1. The number of aliphatic hydroxyl groups excluding tert-OH is 2. The van der Waals surface area contributed by atoms with Crippen LogP contribution in [0.3, 0.4) is 0 Å². The van der Waals surface area contributed by atoms with Gasteiger partial charge in [0.25, 0.3) is 5.91 Å². The molecule has 4 atom stereocenters. The summed E-state index contributed by atoms with van der Waals surface area (Å²) in [5.74, 6) is -6.57. The van der Waals surface area contributed by atoms with Crippen LogP contribution in [-0.4, -0.2) is 74.6 Å². The van der Waals surface area contributed by atoms with Crippen LogP contribution >= 0.6 is 0 Å². The average molecular weight is 472 g/mol. The van der Waals surface area contributed by atoms with E-state index in [-0.39, 0.29) is 35.8 Å². The fourth-order valence-corrected chi connectivity index (χ4v) is 5.69. The zero-order valence-electron chi connectivity index (χ0n) is 19.4. The Labute approximate surface area is 196 Å². The molecule has 182 valence electrons. The number of hydrogen-bond acceptors (Lipinski definition) is 9. The Morgan fingerprint density at radius 3 is 2.41 bits per heavy atom. The summed E-state index contributed by atoms with van der Waals surface area (Å²) >= 11 is 0. The number of hydrogen-bond donors (Lipinski definition) is 6. The number of Topliss-reactive ketones (excluding diaryl/α,β-unsaturated/α-hetero) is 2. The highest BCUT2D eigenvalue weighted by atomic mass is 16.3. The van der Waals surface area contributed by atoms with Gasteiger partial charge in [-0.05, 0) is 64.4 Å². The maximum Gasteiger partial charge on any atom is 0.255 e. The number of phenols is 1. The third-order valence-electron chi connectivity index (χ3n) is 7.05. The molecule has 4 rings (SSSR count). The molecule has 10 heteroatoms. The van der Waals surface area contributed by atoms with Crippen LogP contribution in [0, 0.1) is 11.8 Å². The number of nitrogens with one attached hydrogen (secondary N) is 1. The van der Waals surface area contributed by atoms with E-state index in [4.69, 9.17) is 5.73 Å². The first-order chi connectivity index (χ1) is 15.8. The number of amides is 1. The van der Waals surface area contributed by atoms with Crippen molar-refractivity contribution >= 4 is 28.9 Å². The van der Waals surface area contributed by atoms with Crippen molar-refractivity contribution < 1.29 is 34.8 Å². The number of aliphatic hydroxyl groups is 3. The lowest BCUT2D eigenvalue weighted by Gasteiger charge is -2.50. The van der Waals surface area contributed by atoms with E-state index in [1.165, 1.54) is 11.0 Å². The molecular weight excluding hydrogens is 442 g/mol.